The Morgan fingerprint density at radius 2 is 2.00 bits per heavy atom. The van der Waals surface area contributed by atoms with Crippen LogP contribution in [-0.2, 0) is 0 Å². The Labute approximate surface area is 99.6 Å². The van der Waals surface area contributed by atoms with Gasteiger partial charge in [0.1, 0.15) is 5.82 Å². The third-order valence-electron chi connectivity index (χ3n) is 2.68. The Kier molecular flexibility index (Phi) is 2.28. The standard InChI is InChI=1S/C13H14N2O2/c1-8(2)15-13-10-6-12-11(16-7-17-12)5-9(10)3-4-14-13/h3-6,8H,7H2,1-2H3,(H,14,15). The fourth-order valence-electron chi connectivity index (χ4n) is 1.95. The minimum absolute atomic E-state index is 0.298. The highest BCUT2D eigenvalue weighted by Gasteiger charge is 2.15. The zero-order valence-electron chi connectivity index (χ0n) is 9.86. The molecule has 0 amide bonds. The van der Waals surface area contributed by atoms with Crippen molar-refractivity contribution in [3.8, 4) is 11.5 Å². The minimum atomic E-state index is 0.298. The zero-order valence-corrected chi connectivity index (χ0v) is 9.86. The van der Waals surface area contributed by atoms with Crippen LogP contribution in [0, 0.1) is 0 Å². The van der Waals surface area contributed by atoms with Crippen LogP contribution in [0.15, 0.2) is 24.4 Å². The molecule has 1 aromatic carbocycles. The molecule has 3 rings (SSSR count). The molecule has 0 bridgehead atoms. The van der Waals surface area contributed by atoms with E-state index in [-0.39, 0.29) is 0 Å². The van der Waals surface area contributed by atoms with Crippen LogP contribution in [0.25, 0.3) is 10.8 Å². The van der Waals surface area contributed by atoms with Crippen molar-refractivity contribution in [1.29, 1.82) is 0 Å². The Morgan fingerprint density at radius 3 is 2.76 bits per heavy atom. The van der Waals surface area contributed by atoms with Crippen molar-refractivity contribution in [3.05, 3.63) is 24.4 Å². The van der Waals surface area contributed by atoms with Crippen LogP contribution in [0.2, 0.25) is 0 Å². The number of nitrogens with one attached hydrogen (secondary N) is 1. The summed E-state index contributed by atoms with van der Waals surface area (Å²) < 4.78 is 10.8. The summed E-state index contributed by atoms with van der Waals surface area (Å²) in [4.78, 5) is 4.37. The highest BCUT2D eigenvalue weighted by Crippen LogP contribution is 2.37. The van der Waals surface area contributed by atoms with Crippen LogP contribution in [0.4, 0.5) is 5.82 Å². The molecule has 1 N–H and O–H groups in total. The molecule has 17 heavy (non-hydrogen) atoms. The van der Waals surface area contributed by atoms with Crippen LogP contribution < -0.4 is 14.8 Å². The largest absolute Gasteiger partial charge is 0.454 e. The number of pyridine rings is 1. The lowest BCUT2D eigenvalue weighted by atomic mass is 10.1. The Morgan fingerprint density at radius 1 is 1.24 bits per heavy atom. The quantitative estimate of drug-likeness (QED) is 0.861. The van der Waals surface area contributed by atoms with E-state index in [9.17, 15) is 0 Å². The molecule has 0 aliphatic carbocycles. The van der Waals surface area contributed by atoms with E-state index in [0.717, 1.165) is 28.1 Å². The molecule has 1 aromatic heterocycles. The normalized spacial score (nSPS) is 13.4. The van der Waals surface area contributed by atoms with Gasteiger partial charge in [0.15, 0.2) is 11.5 Å². The van der Waals surface area contributed by atoms with Crippen molar-refractivity contribution in [2.24, 2.45) is 0 Å². The second kappa shape index (κ2) is 3.80. The molecule has 0 saturated carbocycles. The van der Waals surface area contributed by atoms with E-state index >= 15 is 0 Å². The van der Waals surface area contributed by atoms with E-state index in [1.807, 2.05) is 18.2 Å². The highest BCUT2D eigenvalue weighted by molar-refractivity contribution is 5.94. The SMILES string of the molecule is CC(C)Nc1nccc2cc3c(cc12)OCO3. The Hall–Kier alpha value is -1.97. The van der Waals surface area contributed by atoms with E-state index in [0.29, 0.717) is 12.8 Å². The van der Waals surface area contributed by atoms with Gasteiger partial charge in [-0.05, 0) is 37.4 Å². The first-order valence-electron chi connectivity index (χ1n) is 5.69. The maximum absolute atomic E-state index is 5.39. The van der Waals surface area contributed by atoms with Gasteiger partial charge in [-0.15, -0.1) is 0 Å². The molecule has 0 spiro atoms. The monoisotopic (exact) mass is 230 g/mol. The van der Waals surface area contributed by atoms with Crippen molar-refractivity contribution in [2.45, 2.75) is 19.9 Å². The zero-order chi connectivity index (χ0) is 11.8. The molecule has 0 radical (unpaired) electrons. The predicted molar refractivity (Wildman–Crippen MR) is 66.6 cm³/mol. The summed E-state index contributed by atoms with van der Waals surface area (Å²) >= 11 is 0. The number of benzene rings is 1. The first kappa shape index (κ1) is 10.2. The van der Waals surface area contributed by atoms with E-state index in [2.05, 4.69) is 24.1 Å². The van der Waals surface area contributed by atoms with Crippen LogP contribution in [0.5, 0.6) is 11.5 Å². The van der Waals surface area contributed by atoms with Gasteiger partial charge in [0.25, 0.3) is 0 Å². The van der Waals surface area contributed by atoms with Gasteiger partial charge in [0.05, 0.1) is 0 Å². The topological polar surface area (TPSA) is 43.4 Å². The molecule has 0 fully saturated rings. The van der Waals surface area contributed by atoms with Gasteiger partial charge in [-0.3, -0.25) is 0 Å². The first-order chi connectivity index (χ1) is 8.24. The van der Waals surface area contributed by atoms with Crippen LogP contribution in [0.3, 0.4) is 0 Å². The van der Waals surface area contributed by atoms with E-state index in [4.69, 9.17) is 9.47 Å². The molecular formula is C13H14N2O2. The highest BCUT2D eigenvalue weighted by atomic mass is 16.7. The van der Waals surface area contributed by atoms with E-state index < -0.39 is 0 Å². The lowest BCUT2D eigenvalue weighted by Crippen LogP contribution is -2.11. The van der Waals surface area contributed by atoms with Crippen molar-refractivity contribution < 1.29 is 9.47 Å². The number of hydrogen-bond acceptors (Lipinski definition) is 4. The van der Waals surface area contributed by atoms with Gasteiger partial charge in [-0.1, -0.05) is 0 Å². The number of ether oxygens (including phenoxy) is 2. The Balaban J connectivity index is 2.17. The van der Waals surface area contributed by atoms with E-state index in [1.54, 1.807) is 6.20 Å². The molecule has 1 aliphatic heterocycles. The fraction of sp³-hybridized carbons (Fsp3) is 0.308. The molecular weight excluding hydrogens is 216 g/mol. The van der Waals surface area contributed by atoms with Crippen molar-refractivity contribution in [2.75, 3.05) is 12.1 Å². The van der Waals surface area contributed by atoms with Crippen LogP contribution in [0.1, 0.15) is 13.8 Å². The summed E-state index contributed by atoms with van der Waals surface area (Å²) in [5, 5.41) is 5.50. The summed E-state index contributed by atoms with van der Waals surface area (Å²) in [6, 6.07) is 6.29. The summed E-state index contributed by atoms with van der Waals surface area (Å²) in [6.45, 7) is 4.48. The number of rotatable bonds is 2. The molecule has 0 saturated heterocycles. The van der Waals surface area contributed by atoms with E-state index in [1.165, 1.54) is 0 Å². The van der Waals surface area contributed by atoms with Crippen molar-refractivity contribution in [3.63, 3.8) is 0 Å². The lowest BCUT2D eigenvalue weighted by molar-refractivity contribution is 0.174. The average molecular weight is 230 g/mol. The molecule has 2 heterocycles. The maximum atomic E-state index is 5.39. The lowest BCUT2D eigenvalue weighted by Gasteiger charge is -2.11. The van der Waals surface area contributed by atoms with Gasteiger partial charge in [0, 0.05) is 17.6 Å². The van der Waals surface area contributed by atoms with Gasteiger partial charge >= 0.3 is 0 Å². The third kappa shape index (κ3) is 1.75. The van der Waals surface area contributed by atoms with Crippen molar-refractivity contribution >= 4 is 16.6 Å². The summed E-state index contributed by atoms with van der Waals surface area (Å²) in [6.07, 6.45) is 1.80. The average Bonchev–Trinajstić information content (AvgIpc) is 2.73. The molecule has 2 aromatic rings. The van der Waals surface area contributed by atoms with Crippen molar-refractivity contribution in [1.82, 2.24) is 4.98 Å². The fourth-order valence-corrected chi connectivity index (χ4v) is 1.95. The third-order valence-corrected chi connectivity index (χ3v) is 2.68. The summed E-state index contributed by atoms with van der Waals surface area (Å²) in [5.74, 6) is 2.48. The Bertz CT molecular complexity index is 567. The van der Waals surface area contributed by atoms with Gasteiger partial charge in [0.2, 0.25) is 6.79 Å². The van der Waals surface area contributed by atoms with Crippen LogP contribution in [-0.4, -0.2) is 17.8 Å². The first-order valence-corrected chi connectivity index (χ1v) is 5.69. The molecule has 0 atom stereocenters. The molecule has 1 aliphatic rings. The molecule has 0 unspecified atom stereocenters. The number of fused-ring (bicyclic) bond motifs is 2. The second-order valence-corrected chi connectivity index (χ2v) is 4.39. The molecule has 4 nitrogen and oxygen atoms in total. The summed E-state index contributed by atoms with van der Waals surface area (Å²) in [5.41, 5.74) is 0. The number of anilines is 1. The predicted octanol–water partition coefficient (Wildman–Crippen LogP) is 2.78. The van der Waals surface area contributed by atoms with Gasteiger partial charge in [-0.25, -0.2) is 4.98 Å². The van der Waals surface area contributed by atoms with Crippen LogP contribution >= 0.6 is 0 Å². The molecule has 4 heteroatoms. The number of nitrogens with zero attached hydrogens (tertiary/aromatic N) is 1. The van der Waals surface area contributed by atoms with Gasteiger partial charge in [-0.2, -0.15) is 0 Å². The minimum Gasteiger partial charge on any atom is -0.454 e. The summed E-state index contributed by atoms with van der Waals surface area (Å²) in [7, 11) is 0. The smallest absolute Gasteiger partial charge is 0.231 e. The second-order valence-electron chi connectivity index (χ2n) is 4.39. The number of aromatic nitrogens is 1. The number of hydrogen-bond donors (Lipinski definition) is 1. The maximum Gasteiger partial charge on any atom is 0.231 e. The molecule has 88 valence electrons. The van der Waals surface area contributed by atoms with Gasteiger partial charge < -0.3 is 14.8 Å².